The molecular weight excluding hydrogens is 254 g/mol. The van der Waals surface area contributed by atoms with Crippen molar-refractivity contribution in [3.05, 3.63) is 34.9 Å². The van der Waals surface area contributed by atoms with Gasteiger partial charge in [0.05, 0.1) is 19.8 Å². The second-order valence-electron chi connectivity index (χ2n) is 5.68. The minimum Gasteiger partial charge on any atom is -0.346 e. The van der Waals surface area contributed by atoms with Crippen LogP contribution in [-0.2, 0) is 16.0 Å². The zero-order valence-corrected chi connectivity index (χ0v) is 12.1. The van der Waals surface area contributed by atoms with E-state index in [1.807, 2.05) is 24.0 Å². The van der Waals surface area contributed by atoms with Crippen molar-refractivity contribution in [3.8, 4) is 0 Å². The van der Waals surface area contributed by atoms with E-state index in [4.69, 9.17) is 9.47 Å². The van der Waals surface area contributed by atoms with Gasteiger partial charge in [0.25, 0.3) is 5.91 Å². The van der Waals surface area contributed by atoms with E-state index in [0.717, 1.165) is 29.5 Å². The van der Waals surface area contributed by atoms with Crippen LogP contribution in [0.3, 0.4) is 0 Å². The number of ether oxygens (including phenoxy) is 2. The quantitative estimate of drug-likeness (QED) is 0.847. The third-order valence-electron chi connectivity index (χ3n) is 4.02. The number of rotatable bonds is 4. The third-order valence-corrected chi connectivity index (χ3v) is 4.02. The molecule has 20 heavy (non-hydrogen) atoms. The number of amides is 1. The normalized spacial score (nSPS) is 20.5. The van der Waals surface area contributed by atoms with Gasteiger partial charge in [-0.2, -0.15) is 0 Å². The van der Waals surface area contributed by atoms with Crippen LogP contribution >= 0.6 is 0 Å². The summed E-state index contributed by atoms with van der Waals surface area (Å²) in [5, 5.41) is 0. The maximum Gasteiger partial charge on any atom is 0.254 e. The summed E-state index contributed by atoms with van der Waals surface area (Å²) in [6.07, 6.45) is 1.81. The Morgan fingerprint density at radius 3 is 2.75 bits per heavy atom. The predicted octanol–water partition coefficient (Wildman–Crippen LogP) is 2.49. The lowest BCUT2D eigenvalue weighted by molar-refractivity contribution is -0.171. The molecule has 4 heteroatoms. The molecule has 2 aliphatic rings. The van der Waals surface area contributed by atoms with E-state index in [-0.39, 0.29) is 5.91 Å². The zero-order valence-electron chi connectivity index (χ0n) is 12.1. The molecule has 1 aromatic carbocycles. The highest BCUT2D eigenvalue weighted by Gasteiger charge is 2.40. The second-order valence-corrected chi connectivity index (χ2v) is 5.68. The Kier molecular flexibility index (Phi) is 3.52. The molecule has 0 atom stereocenters. The Morgan fingerprint density at radius 1 is 1.30 bits per heavy atom. The van der Waals surface area contributed by atoms with Gasteiger partial charge in [-0.25, -0.2) is 0 Å². The number of fused-ring (bicyclic) bond motifs is 1. The molecule has 2 aliphatic heterocycles. The smallest absolute Gasteiger partial charge is 0.254 e. The van der Waals surface area contributed by atoms with Gasteiger partial charge in [0.2, 0.25) is 0 Å². The molecule has 0 radical (unpaired) electrons. The molecule has 1 amide bonds. The summed E-state index contributed by atoms with van der Waals surface area (Å²) >= 11 is 0. The molecule has 0 aliphatic carbocycles. The molecule has 1 aromatic rings. The topological polar surface area (TPSA) is 38.8 Å². The van der Waals surface area contributed by atoms with Crippen molar-refractivity contribution in [1.82, 2.24) is 4.90 Å². The lowest BCUT2D eigenvalue weighted by Gasteiger charge is -2.31. The minimum absolute atomic E-state index is 0.0956. The van der Waals surface area contributed by atoms with Crippen molar-refractivity contribution < 1.29 is 14.3 Å². The first kappa shape index (κ1) is 13.6. The number of hydrogen-bond acceptors (Lipinski definition) is 3. The number of benzene rings is 1. The monoisotopic (exact) mass is 275 g/mol. The highest BCUT2D eigenvalue weighted by molar-refractivity contribution is 5.98. The highest BCUT2D eigenvalue weighted by Crippen LogP contribution is 2.31. The summed E-state index contributed by atoms with van der Waals surface area (Å²) in [5.74, 6) is -0.500. The Bertz CT molecular complexity index is 520. The molecule has 1 saturated heterocycles. The van der Waals surface area contributed by atoms with Gasteiger partial charge in [-0.1, -0.05) is 31.0 Å². The largest absolute Gasteiger partial charge is 0.346 e. The van der Waals surface area contributed by atoms with E-state index < -0.39 is 5.79 Å². The SMILES string of the molecule is CCCC1(CN2Cc3ccc(C)cc3C2=O)OCCO1. The summed E-state index contributed by atoms with van der Waals surface area (Å²) in [5.41, 5.74) is 3.05. The van der Waals surface area contributed by atoms with Gasteiger partial charge in [0, 0.05) is 18.5 Å². The molecule has 1 fully saturated rings. The lowest BCUT2D eigenvalue weighted by Crippen LogP contribution is -2.44. The van der Waals surface area contributed by atoms with Crippen molar-refractivity contribution in [2.45, 2.75) is 39.0 Å². The third kappa shape index (κ3) is 2.34. The van der Waals surface area contributed by atoms with Gasteiger partial charge in [-0.15, -0.1) is 0 Å². The van der Waals surface area contributed by atoms with E-state index in [1.165, 1.54) is 0 Å². The first-order valence-electron chi connectivity index (χ1n) is 7.30. The highest BCUT2D eigenvalue weighted by atomic mass is 16.7. The number of hydrogen-bond donors (Lipinski definition) is 0. The van der Waals surface area contributed by atoms with Crippen molar-refractivity contribution in [3.63, 3.8) is 0 Å². The first-order valence-corrected chi connectivity index (χ1v) is 7.30. The van der Waals surface area contributed by atoms with E-state index in [0.29, 0.717) is 26.3 Å². The average molecular weight is 275 g/mol. The Hall–Kier alpha value is -1.39. The van der Waals surface area contributed by atoms with Crippen LogP contribution in [0.4, 0.5) is 0 Å². The van der Waals surface area contributed by atoms with Crippen LogP contribution in [0.5, 0.6) is 0 Å². The molecule has 0 saturated carbocycles. The number of carbonyl (C=O) groups excluding carboxylic acids is 1. The van der Waals surface area contributed by atoms with Gasteiger partial charge in [-0.05, 0) is 18.6 Å². The number of nitrogens with zero attached hydrogens (tertiary/aromatic N) is 1. The van der Waals surface area contributed by atoms with Crippen LogP contribution < -0.4 is 0 Å². The molecule has 0 N–H and O–H groups in total. The summed E-state index contributed by atoms with van der Waals surface area (Å²) < 4.78 is 11.6. The molecule has 0 bridgehead atoms. The standard InChI is InChI=1S/C16H21NO3/c1-3-6-16(19-7-8-20-16)11-17-10-13-5-4-12(2)9-14(13)15(17)18/h4-5,9H,3,6-8,10-11H2,1-2H3. The fourth-order valence-electron chi connectivity index (χ4n) is 3.09. The summed E-state index contributed by atoms with van der Waals surface area (Å²) in [6.45, 7) is 6.54. The van der Waals surface area contributed by atoms with Gasteiger partial charge >= 0.3 is 0 Å². The maximum atomic E-state index is 12.5. The minimum atomic E-state index is -0.596. The van der Waals surface area contributed by atoms with Crippen LogP contribution in [0.25, 0.3) is 0 Å². The fourth-order valence-corrected chi connectivity index (χ4v) is 3.09. The van der Waals surface area contributed by atoms with Crippen LogP contribution in [0.2, 0.25) is 0 Å². The van der Waals surface area contributed by atoms with Gasteiger partial charge in [0.15, 0.2) is 5.79 Å². The molecule has 4 nitrogen and oxygen atoms in total. The molecule has 108 valence electrons. The van der Waals surface area contributed by atoms with E-state index >= 15 is 0 Å². The number of aryl methyl sites for hydroxylation is 1. The van der Waals surface area contributed by atoms with E-state index in [2.05, 4.69) is 13.0 Å². The van der Waals surface area contributed by atoms with Gasteiger partial charge in [-0.3, -0.25) is 4.79 Å². The van der Waals surface area contributed by atoms with E-state index in [9.17, 15) is 4.79 Å². The van der Waals surface area contributed by atoms with Gasteiger partial charge < -0.3 is 14.4 Å². The molecule has 0 aromatic heterocycles. The van der Waals surface area contributed by atoms with Crippen LogP contribution in [0.1, 0.15) is 41.3 Å². The average Bonchev–Trinajstić information content (AvgIpc) is 2.98. The Labute approximate surface area is 119 Å². The van der Waals surface area contributed by atoms with Crippen molar-refractivity contribution in [2.24, 2.45) is 0 Å². The van der Waals surface area contributed by atoms with Crippen molar-refractivity contribution in [2.75, 3.05) is 19.8 Å². The predicted molar refractivity (Wildman–Crippen MR) is 75.5 cm³/mol. The van der Waals surface area contributed by atoms with Crippen LogP contribution in [0.15, 0.2) is 18.2 Å². The summed E-state index contributed by atoms with van der Waals surface area (Å²) in [4.78, 5) is 14.4. The summed E-state index contributed by atoms with van der Waals surface area (Å²) in [7, 11) is 0. The van der Waals surface area contributed by atoms with Crippen LogP contribution in [-0.4, -0.2) is 36.4 Å². The lowest BCUT2D eigenvalue weighted by atomic mass is 10.1. The molecule has 3 rings (SSSR count). The Balaban J connectivity index is 1.78. The van der Waals surface area contributed by atoms with Crippen LogP contribution in [0, 0.1) is 6.92 Å². The first-order chi connectivity index (χ1) is 9.63. The Morgan fingerprint density at radius 2 is 2.05 bits per heavy atom. The maximum absolute atomic E-state index is 12.5. The zero-order chi connectivity index (χ0) is 14.2. The summed E-state index contributed by atoms with van der Waals surface area (Å²) in [6, 6.07) is 6.08. The van der Waals surface area contributed by atoms with Gasteiger partial charge in [0.1, 0.15) is 0 Å². The molecule has 0 spiro atoms. The van der Waals surface area contributed by atoms with Crippen molar-refractivity contribution in [1.29, 1.82) is 0 Å². The van der Waals surface area contributed by atoms with Crippen molar-refractivity contribution >= 4 is 5.91 Å². The molecular formula is C16H21NO3. The fraction of sp³-hybridized carbons (Fsp3) is 0.562. The number of carbonyl (C=O) groups is 1. The van der Waals surface area contributed by atoms with E-state index in [1.54, 1.807) is 0 Å². The molecule has 0 unspecified atom stereocenters. The molecule has 2 heterocycles. The second kappa shape index (κ2) is 5.19.